The number of halogens is 1. The minimum absolute atomic E-state index is 0.00349. The standard InChI is InChI=1S/C31H47ClN4O4/c1-5-21(28(39)34-26-10-11-31(40-4)15-20-13-30(26,14-20)18-31)12-25(37)23(33)16-35-17-27(38)36(19-29(35,2)3)24-9-7-6-8-22(24)32/h6-9,20-21,23,25-26,37H,5,10-19,33H2,1-4H3,(H,34,39)/t20?,21-,23+,25+,26?,30?,31?/m1/s1. The molecule has 2 amide bonds. The largest absolute Gasteiger partial charge is 0.391 e. The molecule has 1 saturated heterocycles. The number of piperazine rings is 1. The van der Waals surface area contributed by atoms with Crippen molar-refractivity contribution in [3.05, 3.63) is 29.3 Å². The van der Waals surface area contributed by atoms with Gasteiger partial charge in [0.2, 0.25) is 11.8 Å². The van der Waals surface area contributed by atoms with Crippen molar-refractivity contribution in [1.82, 2.24) is 10.2 Å². The summed E-state index contributed by atoms with van der Waals surface area (Å²) in [5.41, 5.74) is 7.02. The lowest BCUT2D eigenvalue weighted by Crippen LogP contribution is -2.66. The van der Waals surface area contributed by atoms with E-state index in [-0.39, 0.29) is 46.9 Å². The van der Waals surface area contributed by atoms with E-state index in [2.05, 4.69) is 19.2 Å². The number of aliphatic hydroxyl groups is 1. The van der Waals surface area contributed by atoms with E-state index >= 15 is 0 Å². The second kappa shape index (κ2) is 11.2. The summed E-state index contributed by atoms with van der Waals surface area (Å²) in [5.74, 6) is 0.386. The van der Waals surface area contributed by atoms with E-state index in [1.54, 1.807) is 11.0 Å². The molecule has 222 valence electrons. The van der Waals surface area contributed by atoms with E-state index in [0.29, 0.717) is 36.6 Å². The SMILES string of the molecule is CC[C@H](C[C@H](O)[C@@H](N)CN1CC(=O)N(c2ccccc2Cl)CC1(C)C)C(=O)NC1CCC2(OC)CC3CC1(C3)C2. The molecule has 9 heteroatoms. The van der Waals surface area contributed by atoms with Crippen LogP contribution in [0, 0.1) is 17.3 Å². The van der Waals surface area contributed by atoms with Crippen molar-refractivity contribution in [2.45, 2.75) is 101 Å². The van der Waals surface area contributed by atoms with Crippen molar-refractivity contribution in [2.75, 3.05) is 31.6 Å². The highest BCUT2D eigenvalue weighted by Gasteiger charge is 2.62. The molecule has 5 atom stereocenters. The quantitative estimate of drug-likeness (QED) is 0.393. The van der Waals surface area contributed by atoms with Crippen molar-refractivity contribution in [2.24, 2.45) is 23.0 Å². The lowest BCUT2D eigenvalue weighted by Gasteiger charge is -2.65. The van der Waals surface area contributed by atoms with Crippen molar-refractivity contribution >= 4 is 29.1 Å². The summed E-state index contributed by atoms with van der Waals surface area (Å²) >= 11 is 6.38. The third-order valence-corrected chi connectivity index (χ3v) is 10.9. The minimum atomic E-state index is -0.850. The fraction of sp³-hybridized carbons (Fsp3) is 0.742. The van der Waals surface area contributed by atoms with Gasteiger partial charge in [-0.1, -0.05) is 30.7 Å². The van der Waals surface area contributed by atoms with Gasteiger partial charge in [-0.15, -0.1) is 0 Å². The smallest absolute Gasteiger partial charge is 0.241 e. The zero-order valence-electron chi connectivity index (χ0n) is 24.5. The highest BCUT2D eigenvalue weighted by atomic mass is 35.5. The van der Waals surface area contributed by atoms with Gasteiger partial charge in [0.1, 0.15) is 0 Å². The second-order valence-corrected chi connectivity index (χ2v) is 14.1. The van der Waals surface area contributed by atoms with Gasteiger partial charge in [0, 0.05) is 43.7 Å². The number of carbonyl (C=O) groups excluding carboxylic acids is 2. The molecule has 1 aromatic carbocycles. The van der Waals surface area contributed by atoms with Gasteiger partial charge in [-0.2, -0.15) is 0 Å². The average Bonchev–Trinajstić information content (AvgIpc) is 2.90. The van der Waals surface area contributed by atoms with Gasteiger partial charge >= 0.3 is 0 Å². The molecule has 3 bridgehead atoms. The van der Waals surface area contributed by atoms with Gasteiger partial charge in [0.15, 0.2) is 0 Å². The van der Waals surface area contributed by atoms with Crippen LogP contribution in [0.4, 0.5) is 5.69 Å². The monoisotopic (exact) mass is 574 g/mol. The van der Waals surface area contributed by atoms with Crippen LogP contribution in [0.1, 0.15) is 72.1 Å². The topological polar surface area (TPSA) is 108 Å². The number of methoxy groups -OCH3 is 1. The first-order chi connectivity index (χ1) is 18.9. The Morgan fingerprint density at radius 1 is 1.27 bits per heavy atom. The average molecular weight is 575 g/mol. The van der Waals surface area contributed by atoms with Crippen LogP contribution >= 0.6 is 11.6 Å². The number of amides is 2. The molecule has 2 unspecified atom stereocenters. The molecule has 40 heavy (non-hydrogen) atoms. The number of carbonyl (C=O) groups is 2. The third kappa shape index (κ3) is 5.54. The maximum atomic E-state index is 13.4. The predicted octanol–water partition coefficient (Wildman–Crippen LogP) is 3.73. The van der Waals surface area contributed by atoms with Gasteiger partial charge in [0.05, 0.1) is 29.0 Å². The first-order valence-electron chi connectivity index (χ1n) is 15.0. The number of anilines is 1. The number of hydrogen-bond donors (Lipinski definition) is 3. The molecule has 4 N–H and O–H groups in total. The van der Waals surface area contributed by atoms with Gasteiger partial charge < -0.3 is 25.8 Å². The van der Waals surface area contributed by atoms with Gasteiger partial charge in [0.25, 0.3) is 0 Å². The van der Waals surface area contributed by atoms with Crippen molar-refractivity contribution in [3.8, 4) is 0 Å². The molecule has 5 aliphatic rings. The second-order valence-electron chi connectivity index (χ2n) is 13.7. The Morgan fingerprint density at radius 3 is 2.67 bits per heavy atom. The summed E-state index contributed by atoms with van der Waals surface area (Å²) in [7, 11) is 1.84. The lowest BCUT2D eigenvalue weighted by atomic mass is 9.43. The van der Waals surface area contributed by atoms with Crippen LogP contribution in [-0.2, 0) is 14.3 Å². The molecule has 5 fully saturated rings. The van der Waals surface area contributed by atoms with Crippen LogP contribution in [0.2, 0.25) is 5.02 Å². The van der Waals surface area contributed by atoms with E-state index in [1.807, 2.05) is 37.1 Å². The molecule has 1 heterocycles. The van der Waals surface area contributed by atoms with Crippen LogP contribution < -0.4 is 16.0 Å². The Morgan fingerprint density at radius 2 is 2.00 bits per heavy atom. The van der Waals surface area contributed by atoms with Crippen molar-refractivity contribution in [1.29, 1.82) is 0 Å². The van der Waals surface area contributed by atoms with Crippen LogP contribution in [0.15, 0.2) is 24.3 Å². The lowest BCUT2D eigenvalue weighted by molar-refractivity contribution is -0.199. The summed E-state index contributed by atoms with van der Waals surface area (Å²) in [4.78, 5) is 30.3. The van der Waals surface area contributed by atoms with Gasteiger partial charge in [-0.25, -0.2) is 0 Å². The number of nitrogens with zero attached hydrogens (tertiary/aromatic N) is 2. The van der Waals surface area contributed by atoms with E-state index in [0.717, 1.165) is 31.6 Å². The highest BCUT2D eigenvalue weighted by molar-refractivity contribution is 6.33. The number of hydrogen-bond acceptors (Lipinski definition) is 6. The third-order valence-electron chi connectivity index (χ3n) is 10.6. The summed E-state index contributed by atoms with van der Waals surface area (Å²) in [6.07, 6.45) is 6.62. The molecule has 4 aliphatic carbocycles. The Hall–Kier alpha value is -1.71. The Kier molecular flexibility index (Phi) is 8.32. The van der Waals surface area contributed by atoms with E-state index < -0.39 is 12.1 Å². The fourth-order valence-corrected chi connectivity index (χ4v) is 8.48. The maximum Gasteiger partial charge on any atom is 0.241 e. The number of rotatable bonds is 10. The number of nitrogens with two attached hydrogens (primary N) is 1. The number of benzene rings is 1. The summed E-state index contributed by atoms with van der Waals surface area (Å²) < 4.78 is 5.97. The number of aliphatic hydroxyl groups excluding tert-OH is 1. The molecule has 4 saturated carbocycles. The van der Waals surface area contributed by atoms with E-state index in [9.17, 15) is 14.7 Å². The van der Waals surface area contributed by atoms with Gasteiger partial charge in [-0.3, -0.25) is 14.5 Å². The van der Waals surface area contributed by atoms with Crippen LogP contribution in [-0.4, -0.2) is 77.9 Å². The molecule has 1 aromatic rings. The summed E-state index contributed by atoms with van der Waals surface area (Å²) in [6.45, 7) is 7.15. The molecule has 1 aliphatic heterocycles. The summed E-state index contributed by atoms with van der Waals surface area (Å²) in [6, 6.07) is 6.97. The number of ether oxygens (including phenoxy) is 1. The van der Waals surface area contributed by atoms with Crippen LogP contribution in [0.3, 0.4) is 0 Å². The summed E-state index contributed by atoms with van der Waals surface area (Å²) in [5, 5.41) is 15.1. The number of nitrogens with one attached hydrogen (secondary N) is 1. The minimum Gasteiger partial charge on any atom is -0.391 e. The number of para-hydroxylation sites is 1. The van der Waals surface area contributed by atoms with Crippen LogP contribution in [0.25, 0.3) is 0 Å². The van der Waals surface area contributed by atoms with E-state index in [1.165, 1.54) is 12.8 Å². The van der Waals surface area contributed by atoms with Gasteiger partial charge in [-0.05, 0) is 88.7 Å². The fourth-order valence-electron chi connectivity index (χ4n) is 8.24. The van der Waals surface area contributed by atoms with E-state index in [4.69, 9.17) is 22.1 Å². The molecular formula is C31H47ClN4O4. The Labute approximate surface area is 243 Å². The molecule has 8 nitrogen and oxygen atoms in total. The zero-order valence-corrected chi connectivity index (χ0v) is 25.3. The Bertz CT molecular complexity index is 1110. The van der Waals surface area contributed by atoms with Crippen molar-refractivity contribution < 1.29 is 19.4 Å². The molecule has 1 spiro atoms. The molecule has 0 aromatic heterocycles. The molecule has 6 rings (SSSR count). The highest BCUT2D eigenvalue weighted by Crippen LogP contribution is 2.65. The van der Waals surface area contributed by atoms with Crippen molar-refractivity contribution in [3.63, 3.8) is 0 Å². The normalized spacial score (nSPS) is 33.6. The Balaban J connectivity index is 1.16. The predicted molar refractivity (Wildman–Crippen MR) is 157 cm³/mol. The van der Waals surface area contributed by atoms with Crippen LogP contribution in [0.5, 0.6) is 0 Å². The first-order valence-corrected chi connectivity index (χ1v) is 15.4. The molecular weight excluding hydrogens is 528 g/mol. The molecule has 0 radical (unpaired) electrons. The maximum absolute atomic E-state index is 13.4. The zero-order chi connectivity index (χ0) is 28.9. The first kappa shape index (κ1) is 29.8.